The maximum atomic E-state index is 15.7. The van der Waals surface area contributed by atoms with Crippen LogP contribution in [-0.2, 0) is 9.47 Å². The zero-order chi connectivity index (χ0) is 27.8. The molecule has 0 bridgehead atoms. The molecule has 1 fully saturated rings. The molecular weight excluding hydrogens is 558 g/mol. The molecule has 0 spiro atoms. The minimum atomic E-state index is -5.63. The van der Waals surface area contributed by atoms with Crippen LogP contribution in [0.3, 0.4) is 0 Å². The second kappa shape index (κ2) is 8.80. The number of fused-ring (bicyclic) bond motifs is 4. The summed E-state index contributed by atoms with van der Waals surface area (Å²) in [6.45, 7) is -0.417. The van der Waals surface area contributed by atoms with Gasteiger partial charge in [0.25, 0.3) is 0 Å². The van der Waals surface area contributed by atoms with Crippen molar-refractivity contribution in [1.29, 1.82) is 0 Å². The average molecular weight is 581 g/mol. The number of thioether (sulfide) groups is 2. The van der Waals surface area contributed by atoms with E-state index in [2.05, 4.69) is 0 Å². The predicted octanol–water partition coefficient (Wildman–Crippen LogP) is 7.86. The molecule has 0 radical (unpaired) electrons. The molecule has 2 atom stereocenters. The van der Waals surface area contributed by atoms with Crippen molar-refractivity contribution in [3.8, 4) is 0 Å². The molecule has 1 saturated carbocycles. The maximum Gasteiger partial charge on any atom is 0.380 e. The molecule has 2 aromatic carbocycles. The van der Waals surface area contributed by atoms with Gasteiger partial charge in [-0.1, -0.05) is 60.7 Å². The summed E-state index contributed by atoms with van der Waals surface area (Å²) >= 11 is 2.34. The summed E-state index contributed by atoms with van der Waals surface area (Å²) in [7, 11) is 2.75. The van der Waals surface area contributed by atoms with Crippen LogP contribution in [0.4, 0.5) is 26.3 Å². The Morgan fingerprint density at radius 2 is 0.949 bits per heavy atom. The Bertz CT molecular complexity index is 1360. The van der Waals surface area contributed by atoms with E-state index in [1.807, 2.05) is 0 Å². The number of hydrogen-bond donors (Lipinski definition) is 0. The number of allylic oxidation sites excluding steroid dienone is 4. The Morgan fingerprint density at radius 1 is 0.590 bits per heavy atom. The zero-order valence-corrected chi connectivity index (χ0v) is 22.4. The molecular formula is C29H22F6O2S2. The van der Waals surface area contributed by atoms with Crippen molar-refractivity contribution in [2.75, 3.05) is 27.4 Å². The number of hydrogen-bond acceptors (Lipinski definition) is 4. The third-order valence-corrected chi connectivity index (χ3v) is 11.0. The van der Waals surface area contributed by atoms with Crippen molar-refractivity contribution in [2.45, 2.75) is 27.3 Å². The van der Waals surface area contributed by atoms with Crippen molar-refractivity contribution in [1.82, 2.24) is 0 Å². The first-order valence-corrected chi connectivity index (χ1v) is 13.7. The topological polar surface area (TPSA) is 18.5 Å². The lowest BCUT2D eigenvalue weighted by Gasteiger charge is -2.50. The summed E-state index contributed by atoms with van der Waals surface area (Å²) in [5, 5.41) is 0. The summed E-state index contributed by atoms with van der Waals surface area (Å²) in [5.74, 6) is -15.9. The Morgan fingerprint density at radius 3 is 1.28 bits per heavy atom. The number of benzene rings is 2. The van der Waals surface area contributed by atoms with Gasteiger partial charge in [0.05, 0.1) is 22.7 Å². The van der Waals surface area contributed by atoms with E-state index < -0.39 is 38.4 Å². The lowest BCUT2D eigenvalue weighted by molar-refractivity contribution is -0.258. The Hall–Kier alpha value is -2.40. The van der Waals surface area contributed by atoms with Crippen LogP contribution in [0.1, 0.15) is 11.1 Å². The van der Waals surface area contributed by atoms with Crippen LogP contribution >= 0.6 is 23.5 Å². The van der Waals surface area contributed by atoms with E-state index in [4.69, 9.17) is 9.47 Å². The Kier molecular flexibility index (Phi) is 6.05. The standard InChI is InChI=1S/C29H22F6O2S2/c1-36-15-25-19(13-21(38-25)17-9-5-3-6-10-17)23-24(28(32,33)29(34,35)27(23,30)31)20-14-22(18-11-7-4-8-12-18)39-26(20,25)16-37-2/h3-14H,15-16H2,1-2H3. The molecule has 2 heterocycles. The van der Waals surface area contributed by atoms with Gasteiger partial charge < -0.3 is 9.47 Å². The highest BCUT2D eigenvalue weighted by molar-refractivity contribution is 8.14. The minimum Gasteiger partial charge on any atom is -0.383 e. The van der Waals surface area contributed by atoms with Gasteiger partial charge in [-0.15, -0.1) is 23.5 Å². The van der Waals surface area contributed by atoms with Crippen molar-refractivity contribution in [3.63, 3.8) is 0 Å². The third-order valence-electron chi connectivity index (χ3n) is 7.66. The molecule has 2 aliphatic heterocycles. The van der Waals surface area contributed by atoms with Crippen molar-refractivity contribution < 1.29 is 35.8 Å². The van der Waals surface area contributed by atoms with Gasteiger partial charge in [-0.25, -0.2) is 0 Å². The lowest BCUT2D eigenvalue weighted by atomic mass is 9.70. The first kappa shape index (κ1) is 26.8. The first-order chi connectivity index (χ1) is 18.5. The Labute approximate surface area is 229 Å². The molecule has 39 heavy (non-hydrogen) atoms. The molecule has 6 rings (SSSR count). The Balaban J connectivity index is 1.73. The highest BCUT2D eigenvalue weighted by Crippen LogP contribution is 2.75. The normalized spacial score (nSPS) is 29.6. The van der Waals surface area contributed by atoms with Crippen LogP contribution in [0.2, 0.25) is 0 Å². The van der Waals surface area contributed by atoms with E-state index in [-0.39, 0.29) is 24.4 Å². The number of ether oxygens (including phenoxy) is 2. The summed E-state index contributed by atoms with van der Waals surface area (Å²) < 4.78 is 101. The van der Waals surface area contributed by atoms with Gasteiger partial charge in [-0.3, -0.25) is 0 Å². The number of halogens is 6. The van der Waals surface area contributed by atoms with E-state index in [1.165, 1.54) is 49.9 Å². The van der Waals surface area contributed by atoms with E-state index in [0.29, 0.717) is 20.9 Å². The molecule has 2 unspecified atom stereocenters. The SMILES string of the molecule is COCC12SC(c3ccccc3)=CC1=C1C(=C3C=C(c4ccccc4)SC32COC)C(F)(F)C(F)(F)C1(F)F. The first-order valence-electron chi connectivity index (χ1n) is 12.0. The molecule has 0 amide bonds. The van der Waals surface area contributed by atoms with Gasteiger partial charge in [0.15, 0.2) is 0 Å². The number of rotatable bonds is 6. The van der Waals surface area contributed by atoms with Gasteiger partial charge in [0.2, 0.25) is 0 Å². The minimum absolute atomic E-state index is 0.209. The van der Waals surface area contributed by atoms with Crippen molar-refractivity contribution >= 4 is 33.3 Å². The maximum absolute atomic E-state index is 15.7. The number of methoxy groups -OCH3 is 2. The molecule has 0 N–H and O–H groups in total. The van der Waals surface area contributed by atoms with Gasteiger partial charge in [0.1, 0.15) is 0 Å². The molecule has 2 aliphatic carbocycles. The molecule has 2 nitrogen and oxygen atoms in total. The summed E-state index contributed by atoms with van der Waals surface area (Å²) in [6.07, 6.45) is 2.71. The van der Waals surface area contributed by atoms with Crippen LogP contribution in [0.15, 0.2) is 95.1 Å². The average Bonchev–Trinajstić information content (AvgIpc) is 3.52. The monoisotopic (exact) mass is 580 g/mol. The van der Waals surface area contributed by atoms with Crippen LogP contribution in [0, 0.1) is 0 Å². The van der Waals surface area contributed by atoms with Crippen LogP contribution < -0.4 is 0 Å². The van der Waals surface area contributed by atoms with Crippen LogP contribution in [-0.4, -0.2) is 54.7 Å². The fourth-order valence-electron chi connectivity index (χ4n) is 5.96. The largest absolute Gasteiger partial charge is 0.383 e. The van der Waals surface area contributed by atoms with Crippen LogP contribution in [0.25, 0.3) is 9.81 Å². The van der Waals surface area contributed by atoms with E-state index >= 15 is 26.3 Å². The van der Waals surface area contributed by atoms with E-state index in [9.17, 15) is 0 Å². The van der Waals surface area contributed by atoms with Gasteiger partial charge in [0, 0.05) is 35.2 Å². The van der Waals surface area contributed by atoms with E-state index in [0.717, 1.165) is 0 Å². The summed E-state index contributed by atoms with van der Waals surface area (Å²) in [6, 6.07) is 17.6. The second-order valence-corrected chi connectivity index (χ2v) is 12.5. The third kappa shape index (κ3) is 3.29. The summed E-state index contributed by atoms with van der Waals surface area (Å²) in [4.78, 5) is 0.989. The number of alkyl halides is 6. The van der Waals surface area contributed by atoms with Gasteiger partial charge >= 0.3 is 17.8 Å². The molecule has 10 heteroatoms. The van der Waals surface area contributed by atoms with Crippen molar-refractivity contribution in [2.24, 2.45) is 0 Å². The highest BCUT2D eigenvalue weighted by Gasteiger charge is 2.85. The molecule has 0 saturated heterocycles. The molecule has 204 valence electrons. The van der Waals surface area contributed by atoms with E-state index in [1.54, 1.807) is 60.7 Å². The zero-order valence-electron chi connectivity index (χ0n) is 20.7. The highest BCUT2D eigenvalue weighted by atomic mass is 32.2. The summed E-state index contributed by atoms with van der Waals surface area (Å²) in [5.41, 5.74) is -1.89. The molecule has 4 aliphatic rings. The smallest absolute Gasteiger partial charge is 0.380 e. The van der Waals surface area contributed by atoms with Crippen molar-refractivity contribution in [3.05, 3.63) is 106 Å². The molecule has 0 aromatic heterocycles. The predicted molar refractivity (Wildman–Crippen MR) is 142 cm³/mol. The fraction of sp³-hybridized carbons (Fsp3) is 0.310. The lowest BCUT2D eigenvalue weighted by Crippen LogP contribution is -2.58. The fourth-order valence-corrected chi connectivity index (χ4v) is 9.39. The van der Waals surface area contributed by atoms with Gasteiger partial charge in [-0.2, -0.15) is 26.3 Å². The quantitative estimate of drug-likeness (QED) is 0.324. The van der Waals surface area contributed by atoms with Gasteiger partial charge in [-0.05, 0) is 34.4 Å². The molecule has 2 aromatic rings. The second-order valence-electron chi connectivity index (χ2n) is 9.77. The van der Waals surface area contributed by atoms with Crippen LogP contribution in [0.5, 0.6) is 0 Å².